The fourth-order valence-electron chi connectivity index (χ4n) is 4.60. The molecule has 1 fully saturated rings. The Hall–Kier alpha value is -3.09. The van der Waals surface area contributed by atoms with Crippen molar-refractivity contribution >= 4 is 52.4 Å². The first kappa shape index (κ1) is 27.0. The maximum atomic E-state index is 13.2. The second-order valence-corrected chi connectivity index (χ2v) is 11.1. The minimum Gasteiger partial charge on any atom is -0.349 e. The number of nitrogens with one attached hydrogen (secondary N) is 3. The Balaban J connectivity index is 1.45. The number of pyridine rings is 1. The molecule has 13 heteroatoms. The van der Waals surface area contributed by atoms with E-state index in [1.54, 1.807) is 20.2 Å². The number of hydrogen-bond donors (Lipinski definition) is 3. The first-order valence-corrected chi connectivity index (χ1v) is 13.2. The second kappa shape index (κ2) is 11.5. The summed E-state index contributed by atoms with van der Waals surface area (Å²) in [7, 11) is 5.41. The number of anilines is 1. The largest absolute Gasteiger partial charge is 0.349 e. The van der Waals surface area contributed by atoms with Crippen LogP contribution in [0.5, 0.6) is 0 Å². The molecule has 2 aliphatic rings. The van der Waals surface area contributed by atoms with E-state index < -0.39 is 23.9 Å². The summed E-state index contributed by atoms with van der Waals surface area (Å²) in [5.74, 6) is -2.25. The monoisotopic (exact) mass is 547 g/mol. The van der Waals surface area contributed by atoms with Crippen molar-refractivity contribution < 1.29 is 19.2 Å². The maximum Gasteiger partial charge on any atom is 0.314 e. The Kier molecular flexibility index (Phi) is 8.40. The number of fused-ring (bicyclic) bond motifs is 1. The van der Waals surface area contributed by atoms with Crippen LogP contribution in [0.4, 0.5) is 5.82 Å². The van der Waals surface area contributed by atoms with Gasteiger partial charge in [0, 0.05) is 56.6 Å². The third-order valence-electron chi connectivity index (χ3n) is 6.56. The Bertz CT molecular complexity index is 1190. The Morgan fingerprint density at radius 2 is 1.89 bits per heavy atom. The summed E-state index contributed by atoms with van der Waals surface area (Å²) in [6.07, 6.45) is 3.42. The molecule has 1 saturated carbocycles. The molecular formula is C24H30ClN7O4S. The van der Waals surface area contributed by atoms with Gasteiger partial charge in [0.15, 0.2) is 5.01 Å². The minimum atomic E-state index is -0.886. The van der Waals surface area contributed by atoms with Crippen LogP contribution in [-0.4, -0.2) is 83.2 Å². The molecule has 0 bridgehead atoms. The van der Waals surface area contributed by atoms with Gasteiger partial charge < -0.3 is 25.8 Å². The lowest BCUT2D eigenvalue weighted by molar-refractivity contribution is -0.137. The zero-order valence-corrected chi connectivity index (χ0v) is 22.5. The molecule has 3 N–H and O–H groups in total. The number of aromatic nitrogens is 2. The predicted molar refractivity (Wildman–Crippen MR) is 139 cm³/mol. The fraction of sp³-hybridized carbons (Fsp3) is 0.500. The van der Waals surface area contributed by atoms with Gasteiger partial charge in [0.05, 0.1) is 16.8 Å². The Morgan fingerprint density at radius 3 is 2.59 bits per heavy atom. The van der Waals surface area contributed by atoms with Crippen LogP contribution in [0, 0.1) is 5.92 Å². The van der Waals surface area contributed by atoms with E-state index >= 15 is 0 Å². The van der Waals surface area contributed by atoms with Crippen molar-refractivity contribution in [2.75, 3.05) is 33.0 Å². The van der Waals surface area contributed by atoms with E-state index in [0.717, 1.165) is 30.1 Å². The third kappa shape index (κ3) is 6.62. The molecule has 198 valence electrons. The summed E-state index contributed by atoms with van der Waals surface area (Å²) in [6, 6.07) is 1.95. The van der Waals surface area contributed by atoms with Crippen molar-refractivity contribution in [1.29, 1.82) is 0 Å². The van der Waals surface area contributed by atoms with E-state index in [1.807, 2.05) is 7.05 Å². The number of halogens is 1. The molecule has 0 spiro atoms. The number of rotatable bonds is 5. The van der Waals surface area contributed by atoms with Crippen molar-refractivity contribution in [3.8, 4) is 0 Å². The van der Waals surface area contributed by atoms with E-state index in [9.17, 15) is 19.2 Å². The van der Waals surface area contributed by atoms with Gasteiger partial charge in [0.2, 0.25) is 5.91 Å². The quantitative estimate of drug-likeness (QED) is 0.480. The molecule has 0 saturated heterocycles. The third-order valence-corrected chi connectivity index (χ3v) is 7.87. The van der Waals surface area contributed by atoms with Crippen LogP contribution in [-0.2, 0) is 27.3 Å². The van der Waals surface area contributed by atoms with Crippen molar-refractivity contribution in [3.63, 3.8) is 0 Å². The lowest BCUT2D eigenvalue weighted by Crippen LogP contribution is -2.57. The smallest absolute Gasteiger partial charge is 0.314 e. The highest BCUT2D eigenvalue weighted by atomic mass is 35.5. The van der Waals surface area contributed by atoms with Crippen LogP contribution in [0.15, 0.2) is 18.3 Å². The SMILES string of the molecule is CN1CCc2nc(C(=O)NC3CC(C(=O)N(C)C)CC[C@@H]3NC(=O)C(=O)Nc3ccc(Cl)cn3)sc2C1. The highest BCUT2D eigenvalue weighted by Gasteiger charge is 2.37. The summed E-state index contributed by atoms with van der Waals surface area (Å²) in [6.45, 7) is 1.63. The molecule has 37 heavy (non-hydrogen) atoms. The summed E-state index contributed by atoms with van der Waals surface area (Å²) in [5.41, 5.74) is 0.940. The standard InChI is InChI=1S/C24H30ClN7O4S/c1-31(2)24(36)13-4-6-15(27-20(33)21(34)30-19-7-5-14(25)11-26-19)17(10-13)28-22(35)23-29-16-8-9-32(3)12-18(16)37-23/h5,7,11,13,15,17H,4,6,8-10,12H2,1-3H3,(H,27,33)(H,28,35)(H,26,30,34)/t13?,15-,17?/m0/s1. The topological polar surface area (TPSA) is 137 Å². The summed E-state index contributed by atoms with van der Waals surface area (Å²) in [4.78, 5) is 64.3. The van der Waals surface area contributed by atoms with Gasteiger partial charge in [-0.25, -0.2) is 9.97 Å². The van der Waals surface area contributed by atoms with E-state index in [-0.39, 0.29) is 23.6 Å². The van der Waals surface area contributed by atoms with Gasteiger partial charge in [-0.2, -0.15) is 0 Å². The number of amides is 4. The number of thiazole rings is 1. The van der Waals surface area contributed by atoms with Crippen LogP contribution in [0.3, 0.4) is 0 Å². The van der Waals surface area contributed by atoms with Gasteiger partial charge in [-0.3, -0.25) is 19.2 Å². The van der Waals surface area contributed by atoms with Gasteiger partial charge in [-0.15, -0.1) is 11.3 Å². The van der Waals surface area contributed by atoms with Crippen molar-refractivity contribution in [2.24, 2.45) is 5.92 Å². The van der Waals surface area contributed by atoms with E-state index in [0.29, 0.717) is 29.3 Å². The Morgan fingerprint density at radius 1 is 1.11 bits per heavy atom. The normalized spacial score (nSPS) is 21.5. The summed E-state index contributed by atoms with van der Waals surface area (Å²) < 4.78 is 0. The molecule has 11 nitrogen and oxygen atoms in total. The van der Waals surface area contributed by atoms with Crippen LogP contribution in [0.2, 0.25) is 5.02 Å². The van der Waals surface area contributed by atoms with Crippen molar-refractivity contribution in [3.05, 3.63) is 38.9 Å². The molecule has 2 aromatic rings. The molecule has 4 amide bonds. The van der Waals surface area contributed by atoms with Gasteiger partial charge in [-0.05, 0) is 38.4 Å². The van der Waals surface area contributed by atoms with Crippen molar-refractivity contribution in [2.45, 2.75) is 44.3 Å². The number of carbonyl (C=O) groups excluding carboxylic acids is 4. The highest BCUT2D eigenvalue weighted by Crippen LogP contribution is 2.28. The summed E-state index contributed by atoms with van der Waals surface area (Å²) in [5, 5.41) is 8.91. The molecule has 4 rings (SSSR count). The molecule has 1 aliphatic carbocycles. The lowest BCUT2D eigenvalue weighted by Gasteiger charge is -2.37. The highest BCUT2D eigenvalue weighted by molar-refractivity contribution is 7.13. The molecule has 1 aliphatic heterocycles. The number of hydrogen-bond acceptors (Lipinski definition) is 8. The number of nitrogens with zero attached hydrogens (tertiary/aromatic N) is 4. The number of likely N-dealkylation sites (N-methyl/N-ethyl adjacent to an activating group) is 1. The molecule has 2 aromatic heterocycles. The molecule has 0 radical (unpaired) electrons. The molecule has 3 heterocycles. The fourth-order valence-corrected chi connectivity index (χ4v) is 5.80. The van der Waals surface area contributed by atoms with Crippen LogP contribution in [0.25, 0.3) is 0 Å². The Labute approximate surface area is 224 Å². The van der Waals surface area contributed by atoms with Crippen LogP contribution in [0.1, 0.15) is 39.6 Å². The molecule has 3 atom stereocenters. The van der Waals surface area contributed by atoms with E-state index in [1.165, 1.54) is 28.5 Å². The van der Waals surface area contributed by atoms with Crippen LogP contribution < -0.4 is 16.0 Å². The van der Waals surface area contributed by atoms with Gasteiger partial charge in [0.25, 0.3) is 5.91 Å². The van der Waals surface area contributed by atoms with Gasteiger partial charge in [0.1, 0.15) is 5.82 Å². The van der Waals surface area contributed by atoms with E-state index in [4.69, 9.17) is 11.6 Å². The second-order valence-electron chi connectivity index (χ2n) is 9.60. The first-order valence-electron chi connectivity index (χ1n) is 12.0. The minimum absolute atomic E-state index is 0.0386. The molecular weight excluding hydrogens is 518 g/mol. The summed E-state index contributed by atoms with van der Waals surface area (Å²) >= 11 is 7.17. The lowest BCUT2D eigenvalue weighted by atomic mass is 9.81. The van der Waals surface area contributed by atoms with Gasteiger partial charge in [-0.1, -0.05) is 11.6 Å². The first-order chi connectivity index (χ1) is 17.6. The zero-order valence-electron chi connectivity index (χ0n) is 20.9. The predicted octanol–water partition coefficient (Wildman–Crippen LogP) is 1.29. The van der Waals surface area contributed by atoms with Gasteiger partial charge >= 0.3 is 11.8 Å². The van der Waals surface area contributed by atoms with Crippen LogP contribution >= 0.6 is 22.9 Å². The maximum absolute atomic E-state index is 13.2. The number of carbonyl (C=O) groups is 4. The molecule has 0 aromatic carbocycles. The van der Waals surface area contributed by atoms with E-state index in [2.05, 4.69) is 30.8 Å². The average molecular weight is 548 g/mol. The molecule has 2 unspecified atom stereocenters. The zero-order chi connectivity index (χ0) is 26.7. The van der Waals surface area contributed by atoms with Crippen molar-refractivity contribution in [1.82, 2.24) is 30.4 Å². The average Bonchev–Trinajstić information content (AvgIpc) is 3.29.